The van der Waals surface area contributed by atoms with Gasteiger partial charge in [0.05, 0.1) is 0 Å². The average Bonchev–Trinajstić information content (AvgIpc) is 1.83. The molecule has 0 aromatic carbocycles. The van der Waals surface area contributed by atoms with E-state index in [4.69, 9.17) is 10.2 Å². The minimum atomic E-state index is -1.16. The van der Waals surface area contributed by atoms with Gasteiger partial charge in [0.15, 0.2) is 0 Å². The molecule has 0 aromatic rings. The van der Waals surface area contributed by atoms with E-state index in [1.807, 2.05) is 0 Å². The summed E-state index contributed by atoms with van der Waals surface area (Å²) >= 11 is 8.94. The van der Waals surface area contributed by atoms with E-state index >= 15 is 0 Å². The van der Waals surface area contributed by atoms with Gasteiger partial charge in [-0.1, -0.05) is 4.32 Å². The zero-order valence-electron chi connectivity index (χ0n) is 5.89. The Labute approximate surface area is 79.4 Å². The quantitative estimate of drug-likeness (QED) is 0.466. The van der Waals surface area contributed by atoms with Crippen LogP contribution in [0.25, 0.3) is 0 Å². The van der Waals surface area contributed by atoms with Crippen LogP contribution in [0.2, 0.25) is 0 Å². The molecule has 12 heavy (non-hydrogen) atoms. The van der Waals surface area contributed by atoms with Crippen molar-refractivity contribution in [1.82, 2.24) is 4.90 Å². The molecule has 0 unspecified atom stereocenters. The van der Waals surface area contributed by atoms with Crippen molar-refractivity contribution in [2.24, 2.45) is 0 Å². The predicted octanol–water partition coefficient (Wildman–Crippen LogP) is -0.711. The molecule has 68 valence electrons. The van der Waals surface area contributed by atoms with Crippen LogP contribution < -0.4 is 0 Å². The number of carboxylic acids is 2. The van der Waals surface area contributed by atoms with E-state index in [0.717, 1.165) is 4.90 Å². The van der Waals surface area contributed by atoms with E-state index in [0.29, 0.717) is 0 Å². The number of thiocarbonyl (C=S) groups is 1. The van der Waals surface area contributed by atoms with Crippen LogP contribution in [0, 0.1) is 0 Å². The SMILES string of the molecule is O=C(O)CN(CC(=O)O)C(=S)[S-]. The highest BCUT2D eigenvalue weighted by atomic mass is 32.1. The van der Waals surface area contributed by atoms with Gasteiger partial charge in [-0.3, -0.25) is 9.59 Å². The molecule has 2 N–H and O–H groups in total. The lowest BCUT2D eigenvalue weighted by atomic mass is 10.5. The molecule has 0 rings (SSSR count). The zero-order valence-corrected chi connectivity index (χ0v) is 7.52. The number of carboxylic acid groups (broad SMARTS) is 2. The molecule has 0 aromatic heterocycles. The molecule has 0 heterocycles. The lowest BCUT2D eigenvalue weighted by Gasteiger charge is -2.23. The minimum absolute atomic E-state index is 0.153. The second-order valence-corrected chi connectivity index (χ2v) is 2.94. The van der Waals surface area contributed by atoms with Crippen LogP contribution in [-0.4, -0.2) is 44.5 Å². The van der Waals surface area contributed by atoms with Crippen LogP contribution in [0.4, 0.5) is 0 Å². The van der Waals surface area contributed by atoms with Gasteiger partial charge in [0, 0.05) is 0 Å². The van der Waals surface area contributed by atoms with Gasteiger partial charge >= 0.3 is 11.9 Å². The first-order valence-corrected chi connectivity index (χ1v) is 3.64. The van der Waals surface area contributed by atoms with Crippen LogP contribution in [0.3, 0.4) is 0 Å². The molecule has 0 bridgehead atoms. The molecule has 0 radical (unpaired) electrons. The van der Waals surface area contributed by atoms with Crippen molar-refractivity contribution in [1.29, 1.82) is 0 Å². The molecule has 0 aliphatic heterocycles. The minimum Gasteiger partial charge on any atom is -0.480 e. The van der Waals surface area contributed by atoms with E-state index in [1.54, 1.807) is 0 Å². The summed E-state index contributed by atoms with van der Waals surface area (Å²) in [5.74, 6) is -2.33. The van der Waals surface area contributed by atoms with Crippen LogP contribution in [0.1, 0.15) is 0 Å². The van der Waals surface area contributed by atoms with E-state index in [9.17, 15) is 9.59 Å². The predicted molar refractivity (Wildman–Crippen MR) is 46.8 cm³/mol. The smallest absolute Gasteiger partial charge is 0.323 e. The van der Waals surface area contributed by atoms with E-state index in [-0.39, 0.29) is 4.32 Å². The number of rotatable bonds is 4. The highest BCUT2D eigenvalue weighted by molar-refractivity contribution is 8.00. The van der Waals surface area contributed by atoms with Crippen molar-refractivity contribution in [3.63, 3.8) is 0 Å². The standard InChI is InChI=1S/C5H7NO4S2/c7-3(8)1-6(5(11)12)2-4(9)10/h1-2H2,(H,7,8)(H,9,10)(H,11,12)/p-1. The number of hydrogen-bond acceptors (Lipinski definition) is 4. The third kappa shape index (κ3) is 4.80. The molecule has 0 atom stereocenters. The van der Waals surface area contributed by atoms with Gasteiger partial charge in [-0.15, -0.1) is 0 Å². The number of carbonyl (C=O) groups is 2. The van der Waals surface area contributed by atoms with Crippen LogP contribution in [0.15, 0.2) is 0 Å². The number of aliphatic carboxylic acids is 2. The van der Waals surface area contributed by atoms with Crippen molar-refractivity contribution in [2.75, 3.05) is 13.1 Å². The average molecular weight is 208 g/mol. The molecular weight excluding hydrogens is 202 g/mol. The van der Waals surface area contributed by atoms with Gasteiger partial charge in [-0.2, -0.15) is 0 Å². The highest BCUT2D eigenvalue weighted by Gasteiger charge is 2.09. The van der Waals surface area contributed by atoms with E-state index < -0.39 is 25.0 Å². The van der Waals surface area contributed by atoms with Crippen molar-refractivity contribution < 1.29 is 19.8 Å². The molecular formula is C5H6NO4S2-. The van der Waals surface area contributed by atoms with Crippen LogP contribution >= 0.6 is 12.2 Å². The van der Waals surface area contributed by atoms with Gasteiger partial charge in [0.2, 0.25) is 0 Å². The normalized spacial score (nSPS) is 9.00. The fraction of sp³-hybridized carbons (Fsp3) is 0.400. The van der Waals surface area contributed by atoms with Crippen molar-refractivity contribution in [3.8, 4) is 0 Å². The molecule has 0 aliphatic rings. The Hall–Kier alpha value is -0.950. The fourth-order valence-electron chi connectivity index (χ4n) is 0.512. The molecule has 7 heteroatoms. The first kappa shape index (κ1) is 11.1. The zero-order chi connectivity index (χ0) is 9.72. The Morgan fingerprint density at radius 2 is 1.58 bits per heavy atom. The molecule has 5 nitrogen and oxygen atoms in total. The van der Waals surface area contributed by atoms with Gasteiger partial charge in [0.25, 0.3) is 0 Å². The Bertz CT molecular complexity index is 201. The molecule has 0 aliphatic carbocycles. The fourth-order valence-corrected chi connectivity index (χ4v) is 0.770. The summed E-state index contributed by atoms with van der Waals surface area (Å²) in [6.07, 6.45) is 0. The van der Waals surface area contributed by atoms with Crippen LogP contribution in [-0.2, 0) is 22.2 Å². The molecule has 0 amide bonds. The van der Waals surface area contributed by atoms with Crippen molar-refractivity contribution in [3.05, 3.63) is 0 Å². The largest absolute Gasteiger partial charge is 0.480 e. The summed E-state index contributed by atoms with van der Waals surface area (Å²) in [7, 11) is 0. The van der Waals surface area contributed by atoms with E-state index in [2.05, 4.69) is 24.8 Å². The van der Waals surface area contributed by atoms with E-state index in [1.165, 1.54) is 0 Å². The summed E-state index contributed by atoms with van der Waals surface area (Å²) in [6, 6.07) is 0. The summed E-state index contributed by atoms with van der Waals surface area (Å²) in [5, 5.41) is 16.6. The second-order valence-electron chi connectivity index (χ2n) is 1.91. The maximum absolute atomic E-state index is 10.2. The first-order chi connectivity index (χ1) is 5.43. The van der Waals surface area contributed by atoms with Gasteiger partial charge in [-0.05, 0) is 0 Å². The topological polar surface area (TPSA) is 77.8 Å². The van der Waals surface area contributed by atoms with Gasteiger partial charge in [0.1, 0.15) is 13.1 Å². The van der Waals surface area contributed by atoms with Gasteiger partial charge < -0.3 is 40.0 Å². The Kier molecular flexibility index (Phi) is 4.45. The summed E-state index contributed by atoms with van der Waals surface area (Å²) in [5.41, 5.74) is 0. The monoisotopic (exact) mass is 208 g/mol. The van der Waals surface area contributed by atoms with Crippen molar-refractivity contribution in [2.45, 2.75) is 0 Å². The number of nitrogens with zero attached hydrogens (tertiary/aromatic N) is 1. The van der Waals surface area contributed by atoms with Gasteiger partial charge in [-0.25, -0.2) is 0 Å². The van der Waals surface area contributed by atoms with Crippen LogP contribution in [0.5, 0.6) is 0 Å². The third-order valence-electron chi connectivity index (χ3n) is 0.910. The number of hydrogen-bond donors (Lipinski definition) is 2. The second kappa shape index (κ2) is 4.83. The van der Waals surface area contributed by atoms with Crippen molar-refractivity contribution >= 4 is 41.1 Å². The summed E-state index contributed by atoms with van der Waals surface area (Å²) in [6.45, 7) is -0.955. The lowest BCUT2D eigenvalue weighted by molar-refractivity contribution is -0.139. The Morgan fingerprint density at radius 1 is 1.25 bits per heavy atom. The summed E-state index contributed by atoms with van der Waals surface area (Å²) < 4.78 is -0.153. The lowest BCUT2D eigenvalue weighted by Crippen LogP contribution is -2.37. The summed E-state index contributed by atoms with van der Waals surface area (Å²) in [4.78, 5) is 21.2. The molecule has 0 fully saturated rings. The molecule has 0 spiro atoms. The maximum Gasteiger partial charge on any atom is 0.323 e. The molecule has 0 saturated carbocycles. The maximum atomic E-state index is 10.2. The Balaban J connectivity index is 4.14. The first-order valence-electron chi connectivity index (χ1n) is 2.83. The third-order valence-corrected chi connectivity index (χ3v) is 1.43. The molecule has 0 saturated heterocycles. The highest BCUT2D eigenvalue weighted by Crippen LogP contribution is 1.90. The Morgan fingerprint density at radius 3 is 1.75 bits per heavy atom.